The fourth-order valence-electron chi connectivity index (χ4n) is 2.27. The number of nitrogen functional groups attached to an aromatic ring is 1. The van der Waals surface area contributed by atoms with Crippen molar-refractivity contribution in [2.75, 3.05) is 5.73 Å². The van der Waals surface area contributed by atoms with E-state index in [2.05, 4.69) is 20.5 Å². The number of nitrogens with zero attached hydrogens (tertiary/aromatic N) is 2. The summed E-state index contributed by atoms with van der Waals surface area (Å²) in [5.74, 6) is -0.790. The minimum atomic E-state index is -0.512. The Morgan fingerprint density at radius 2 is 1.79 bits per heavy atom. The highest BCUT2D eigenvalue weighted by molar-refractivity contribution is 6.35. The predicted molar refractivity (Wildman–Crippen MR) is 88.0 cm³/mol. The zero-order valence-electron chi connectivity index (χ0n) is 12.3. The molecule has 1 aromatic carbocycles. The molecule has 0 spiro atoms. The molecular weight excluding hydrogens is 333 g/mol. The highest BCUT2D eigenvalue weighted by atomic mass is 35.5. The van der Waals surface area contributed by atoms with Crippen LogP contribution in [-0.2, 0) is 0 Å². The summed E-state index contributed by atoms with van der Waals surface area (Å²) in [5.41, 5.74) is 7.10. The van der Waals surface area contributed by atoms with Gasteiger partial charge in [-0.05, 0) is 35.4 Å². The summed E-state index contributed by atoms with van der Waals surface area (Å²) >= 11 is 5.96. The lowest BCUT2D eigenvalue weighted by Gasteiger charge is -2.19. The maximum absolute atomic E-state index is 13.2. The van der Waals surface area contributed by atoms with Gasteiger partial charge in [-0.25, -0.2) is 4.39 Å². The second-order valence-corrected chi connectivity index (χ2v) is 5.41. The second kappa shape index (κ2) is 6.67. The van der Waals surface area contributed by atoms with Crippen molar-refractivity contribution in [3.8, 4) is 0 Å². The monoisotopic (exact) mass is 345 g/mol. The lowest BCUT2D eigenvalue weighted by molar-refractivity contribution is 0.0938. The van der Waals surface area contributed by atoms with Crippen molar-refractivity contribution in [3.63, 3.8) is 0 Å². The first-order valence-electron chi connectivity index (χ1n) is 7.02. The first-order valence-corrected chi connectivity index (χ1v) is 7.39. The number of H-pyrrole nitrogens is 1. The van der Waals surface area contributed by atoms with Crippen LogP contribution in [-0.4, -0.2) is 21.1 Å². The molecule has 8 heteroatoms. The third-order valence-electron chi connectivity index (χ3n) is 3.48. The van der Waals surface area contributed by atoms with Crippen molar-refractivity contribution < 1.29 is 9.18 Å². The Kier molecular flexibility index (Phi) is 4.43. The minimum absolute atomic E-state index is 0.0454. The van der Waals surface area contributed by atoms with E-state index in [1.54, 1.807) is 36.7 Å². The smallest absolute Gasteiger partial charge is 0.271 e. The molecule has 6 nitrogen and oxygen atoms in total. The molecule has 0 saturated heterocycles. The molecule has 0 saturated carbocycles. The molecular formula is C16H13ClFN5O. The first-order chi connectivity index (χ1) is 11.6. The Morgan fingerprint density at radius 1 is 1.17 bits per heavy atom. The number of hydrogen-bond acceptors (Lipinski definition) is 4. The molecule has 1 atom stereocenters. The normalized spacial score (nSPS) is 11.9. The molecule has 2 heterocycles. The van der Waals surface area contributed by atoms with E-state index in [4.69, 9.17) is 17.3 Å². The van der Waals surface area contributed by atoms with Gasteiger partial charge in [-0.1, -0.05) is 23.7 Å². The molecule has 0 aliphatic heterocycles. The molecule has 2 aromatic heterocycles. The molecule has 122 valence electrons. The Bertz CT molecular complexity index is 851. The maximum Gasteiger partial charge on any atom is 0.271 e. The third-order valence-corrected chi connectivity index (χ3v) is 3.86. The minimum Gasteiger partial charge on any atom is -0.381 e. The fourth-order valence-corrected chi connectivity index (χ4v) is 2.44. The number of carbonyl (C=O) groups excluding carboxylic acids is 1. The number of amides is 1. The molecule has 4 N–H and O–H groups in total. The van der Waals surface area contributed by atoms with Crippen molar-refractivity contribution in [1.82, 2.24) is 20.5 Å². The van der Waals surface area contributed by atoms with E-state index in [0.29, 0.717) is 5.56 Å². The second-order valence-electron chi connectivity index (χ2n) is 5.04. The topological polar surface area (TPSA) is 96.7 Å². The number of benzene rings is 1. The number of nitrogens with one attached hydrogen (secondary N) is 2. The van der Waals surface area contributed by atoms with Crippen molar-refractivity contribution >= 4 is 23.3 Å². The van der Waals surface area contributed by atoms with Gasteiger partial charge in [-0.15, -0.1) is 0 Å². The van der Waals surface area contributed by atoms with Gasteiger partial charge < -0.3 is 11.1 Å². The summed E-state index contributed by atoms with van der Waals surface area (Å²) in [5, 5.41) is 9.10. The van der Waals surface area contributed by atoms with E-state index in [0.717, 1.165) is 5.56 Å². The lowest BCUT2D eigenvalue weighted by atomic mass is 9.99. The first kappa shape index (κ1) is 15.9. The van der Waals surface area contributed by atoms with Crippen LogP contribution in [0.1, 0.15) is 27.7 Å². The van der Waals surface area contributed by atoms with Crippen LogP contribution in [0.25, 0.3) is 0 Å². The van der Waals surface area contributed by atoms with E-state index < -0.39 is 11.9 Å². The van der Waals surface area contributed by atoms with Crippen LogP contribution in [0.5, 0.6) is 0 Å². The number of nitrogens with two attached hydrogens (primary N) is 1. The molecule has 0 unspecified atom stereocenters. The molecule has 3 aromatic rings. The SMILES string of the molecule is Nc1n[nH]c(C(=O)N[C@@H](c2ccncc2)c2ccc(F)cc2)c1Cl. The van der Waals surface area contributed by atoms with Gasteiger partial charge in [-0.3, -0.25) is 14.9 Å². The van der Waals surface area contributed by atoms with Gasteiger partial charge in [0, 0.05) is 12.4 Å². The molecule has 0 bridgehead atoms. The highest BCUT2D eigenvalue weighted by Gasteiger charge is 2.22. The quantitative estimate of drug-likeness (QED) is 0.677. The van der Waals surface area contributed by atoms with Gasteiger partial charge >= 0.3 is 0 Å². The van der Waals surface area contributed by atoms with Crippen LogP contribution in [0.3, 0.4) is 0 Å². The number of rotatable bonds is 4. The van der Waals surface area contributed by atoms with Gasteiger partial charge in [0.25, 0.3) is 5.91 Å². The summed E-state index contributed by atoms with van der Waals surface area (Å²) in [7, 11) is 0. The molecule has 3 rings (SSSR count). The molecule has 0 radical (unpaired) electrons. The summed E-state index contributed by atoms with van der Waals surface area (Å²) in [6.45, 7) is 0. The van der Waals surface area contributed by atoms with Crippen LogP contribution < -0.4 is 11.1 Å². The molecule has 24 heavy (non-hydrogen) atoms. The van der Waals surface area contributed by atoms with Crippen molar-refractivity contribution in [3.05, 3.63) is 76.5 Å². The molecule has 0 aliphatic carbocycles. The van der Waals surface area contributed by atoms with Crippen LogP contribution in [0.15, 0.2) is 48.8 Å². The van der Waals surface area contributed by atoms with E-state index >= 15 is 0 Å². The Balaban J connectivity index is 1.95. The van der Waals surface area contributed by atoms with Gasteiger partial charge in [0.15, 0.2) is 5.82 Å². The number of pyridine rings is 1. The van der Waals surface area contributed by atoms with Crippen LogP contribution in [0, 0.1) is 5.82 Å². The number of hydrogen-bond donors (Lipinski definition) is 3. The number of aromatic amines is 1. The average Bonchev–Trinajstić information content (AvgIpc) is 2.94. The molecule has 1 amide bonds. The molecule has 0 aliphatic rings. The van der Waals surface area contributed by atoms with Gasteiger partial charge in [0.1, 0.15) is 16.5 Å². The van der Waals surface area contributed by atoms with Gasteiger partial charge in [-0.2, -0.15) is 5.10 Å². The number of halogens is 2. The highest BCUT2D eigenvalue weighted by Crippen LogP contribution is 2.24. The van der Waals surface area contributed by atoms with E-state index in [9.17, 15) is 9.18 Å². The lowest BCUT2D eigenvalue weighted by Crippen LogP contribution is -2.29. The van der Waals surface area contributed by atoms with E-state index in [1.807, 2.05) is 0 Å². The van der Waals surface area contributed by atoms with Gasteiger partial charge in [0.05, 0.1) is 6.04 Å². The van der Waals surface area contributed by atoms with Gasteiger partial charge in [0.2, 0.25) is 0 Å². The van der Waals surface area contributed by atoms with Crippen LogP contribution >= 0.6 is 11.6 Å². The zero-order chi connectivity index (χ0) is 17.1. The van der Waals surface area contributed by atoms with E-state index in [-0.39, 0.29) is 22.4 Å². The van der Waals surface area contributed by atoms with Crippen LogP contribution in [0.2, 0.25) is 5.02 Å². The summed E-state index contributed by atoms with van der Waals surface area (Å²) in [4.78, 5) is 16.5. The average molecular weight is 346 g/mol. The summed E-state index contributed by atoms with van der Waals surface area (Å²) < 4.78 is 13.2. The Labute approximate surface area is 141 Å². The third kappa shape index (κ3) is 3.21. The maximum atomic E-state index is 13.2. The standard InChI is InChI=1S/C16H13ClFN5O/c17-12-14(22-23-15(12)19)16(24)21-13(10-5-7-20-8-6-10)9-1-3-11(18)4-2-9/h1-8,13H,(H,21,24)(H3,19,22,23)/t13-/m1/s1. The Morgan fingerprint density at radius 3 is 2.38 bits per heavy atom. The van der Waals surface area contributed by atoms with E-state index in [1.165, 1.54) is 12.1 Å². The van der Waals surface area contributed by atoms with Crippen LogP contribution in [0.4, 0.5) is 10.2 Å². The molecule has 0 fully saturated rings. The number of carbonyl (C=O) groups is 1. The Hall–Kier alpha value is -2.93. The largest absolute Gasteiger partial charge is 0.381 e. The van der Waals surface area contributed by atoms with Crippen molar-refractivity contribution in [2.45, 2.75) is 6.04 Å². The summed E-state index contributed by atoms with van der Waals surface area (Å²) in [6, 6.07) is 8.87. The van der Waals surface area contributed by atoms with Crippen molar-refractivity contribution in [2.24, 2.45) is 0 Å². The predicted octanol–water partition coefficient (Wildman–Crippen LogP) is 2.70. The number of aromatic nitrogens is 3. The van der Waals surface area contributed by atoms with Crippen molar-refractivity contribution in [1.29, 1.82) is 0 Å². The zero-order valence-corrected chi connectivity index (χ0v) is 13.1. The summed E-state index contributed by atoms with van der Waals surface area (Å²) in [6.07, 6.45) is 3.22. The number of anilines is 1. The fraction of sp³-hybridized carbons (Fsp3) is 0.0625.